The normalized spacial score (nSPS) is 14.7. The van der Waals surface area contributed by atoms with Gasteiger partial charge >= 0.3 is 0 Å². The van der Waals surface area contributed by atoms with Gasteiger partial charge in [-0.15, -0.1) is 0 Å². The van der Waals surface area contributed by atoms with Gasteiger partial charge in [0.25, 0.3) is 5.91 Å². The van der Waals surface area contributed by atoms with Crippen molar-refractivity contribution in [3.05, 3.63) is 52.8 Å². The van der Waals surface area contributed by atoms with Crippen LogP contribution in [0.2, 0.25) is 5.02 Å². The Balaban J connectivity index is 1.66. The summed E-state index contributed by atoms with van der Waals surface area (Å²) >= 11 is 6.07. The monoisotopic (exact) mass is 329 g/mol. The van der Waals surface area contributed by atoms with Crippen molar-refractivity contribution in [2.24, 2.45) is 0 Å². The van der Waals surface area contributed by atoms with Crippen LogP contribution in [0.15, 0.2) is 36.5 Å². The molecule has 0 unspecified atom stereocenters. The van der Waals surface area contributed by atoms with E-state index in [0.717, 1.165) is 11.3 Å². The zero-order chi connectivity index (χ0) is 16.2. The third-order valence-corrected chi connectivity index (χ3v) is 4.65. The molecule has 0 saturated heterocycles. The van der Waals surface area contributed by atoms with Crippen molar-refractivity contribution in [2.75, 3.05) is 10.6 Å². The fourth-order valence-electron chi connectivity index (χ4n) is 2.85. The molecule has 1 aliphatic rings. The third-order valence-electron chi connectivity index (χ3n) is 4.24. The maximum absolute atomic E-state index is 12.3. The van der Waals surface area contributed by atoms with Crippen LogP contribution in [0.1, 0.15) is 41.7 Å². The maximum atomic E-state index is 12.3. The molecule has 1 amide bonds. The molecule has 1 aliphatic carbocycles. The minimum Gasteiger partial charge on any atom is -0.381 e. The second-order valence-electron chi connectivity index (χ2n) is 5.92. The number of amides is 1. The van der Waals surface area contributed by atoms with Crippen molar-refractivity contribution in [1.29, 1.82) is 0 Å². The Morgan fingerprint density at radius 1 is 1.22 bits per heavy atom. The Bertz CT molecular complexity index is 694. The van der Waals surface area contributed by atoms with Gasteiger partial charge in [-0.3, -0.25) is 4.79 Å². The molecule has 23 heavy (non-hydrogen) atoms. The van der Waals surface area contributed by atoms with Gasteiger partial charge in [-0.2, -0.15) is 0 Å². The standard InChI is InChI=1S/C18H20ClN3O/c1-12-15(19)7-4-8-16(12)22-18(23)17-10-9-14(11-20-17)21-13-5-2-3-6-13/h4,7-11,13,21H,2-3,5-6H2,1H3,(H,22,23). The number of hydrogen-bond acceptors (Lipinski definition) is 3. The molecule has 2 N–H and O–H groups in total. The first-order chi connectivity index (χ1) is 11.1. The van der Waals surface area contributed by atoms with Gasteiger partial charge in [0.1, 0.15) is 5.69 Å². The van der Waals surface area contributed by atoms with Gasteiger partial charge in [0.15, 0.2) is 0 Å². The Kier molecular flexibility index (Phi) is 4.82. The van der Waals surface area contributed by atoms with Crippen LogP contribution in [-0.2, 0) is 0 Å². The highest BCUT2D eigenvalue weighted by Crippen LogP contribution is 2.24. The van der Waals surface area contributed by atoms with Crippen molar-refractivity contribution < 1.29 is 4.79 Å². The first-order valence-electron chi connectivity index (χ1n) is 7.92. The number of nitrogens with zero attached hydrogens (tertiary/aromatic N) is 1. The molecule has 2 aromatic rings. The molecule has 4 nitrogen and oxygen atoms in total. The van der Waals surface area contributed by atoms with E-state index < -0.39 is 0 Å². The van der Waals surface area contributed by atoms with Crippen LogP contribution in [-0.4, -0.2) is 16.9 Å². The van der Waals surface area contributed by atoms with Crippen LogP contribution < -0.4 is 10.6 Å². The van der Waals surface area contributed by atoms with Crippen LogP contribution >= 0.6 is 11.6 Å². The van der Waals surface area contributed by atoms with Crippen molar-refractivity contribution in [3.63, 3.8) is 0 Å². The molecule has 0 spiro atoms. The summed E-state index contributed by atoms with van der Waals surface area (Å²) in [6, 6.07) is 9.62. The quantitative estimate of drug-likeness (QED) is 0.858. The number of carbonyl (C=O) groups is 1. The van der Waals surface area contributed by atoms with E-state index in [2.05, 4.69) is 15.6 Å². The highest BCUT2D eigenvalue weighted by Gasteiger charge is 2.15. The van der Waals surface area contributed by atoms with Gasteiger partial charge in [0.05, 0.1) is 11.9 Å². The van der Waals surface area contributed by atoms with Crippen LogP contribution in [0.5, 0.6) is 0 Å². The first kappa shape index (κ1) is 15.8. The number of benzene rings is 1. The fraction of sp³-hybridized carbons (Fsp3) is 0.333. The van der Waals surface area contributed by atoms with Crippen LogP contribution in [0, 0.1) is 6.92 Å². The molecule has 0 radical (unpaired) electrons. The van der Waals surface area contributed by atoms with Gasteiger partial charge in [0.2, 0.25) is 0 Å². The summed E-state index contributed by atoms with van der Waals surface area (Å²) in [6.45, 7) is 1.87. The SMILES string of the molecule is Cc1c(Cl)cccc1NC(=O)c1ccc(NC2CCCC2)cn1. The lowest BCUT2D eigenvalue weighted by Gasteiger charge is -2.13. The minimum atomic E-state index is -0.234. The molecule has 120 valence electrons. The first-order valence-corrected chi connectivity index (χ1v) is 8.30. The van der Waals surface area contributed by atoms with Gasteiger partial charge < -0.3 is 10.6 Å². The molecule has 0 bridgehead atoms. The molecule has 0 atom stereocenters. The highest BCUT2D eigenvalue weighted by molar-refractivity contribution is 6.31. The van der Waals surface area contributed by atoms with E-state index in [0.29, 0.717) is 22.4 Å². The molecule has 1 heterocycles. The topological polar surface area (TPSA) is 54.0 Å². The number of rotatable bonds is 4. The summed E-state index contributed by atoms with van der Waals surface area (Å²) in [5.41, 5.74) is 2.91. The summed E-state index contributed by atoms with van der Waals surface area (Å²) in [6.07, 6.45) is 6.69. The van der Waals surface area contributed by atoms with E-state index in [1.807, 2.05) is 25.1 Å². The minimum absolute atomic E-state index is 0.234. The number of hydrogen-bond donors (Lipinski definition) is 2. The van der Waals surface area contributed by atoms with E-state index in [1.165, 1.54) is 25.7 Å². The van der Waals surface area contributed by atoms with Gasteiger partial charge in [-0.1, -0.05) is 30.5 Å². The summed E-state index contributed by atoms with van der Waals surface area (Å²) < 4.78 is 0. The summed E-state index contributed by atoms with van der Waals surface area (Å²) in [5, 5.41) is 6.95. The van der Waals surface area contributed by atoms with Gasteiger partial charge in [-0.25, -0.2) is 4.98 Å². The van der Waals surface area contributed by atoms with E-state index in [4.69, 9.17) is 11.6 Å². The number of anilines is 2. The van der Waals surface area contributed by atoms with E-state index in [1.54, 1.807) is 18.3 Å². The lowest BCUT2D eigenvalue weighted by molar-refractivity contribution is 0.102. The largest absolute Gasteiger partial charge is 0.381 e. The maximum Gasteiger partial charge on any atom is 0.274 e. The Labute approximate surface area is 141 Å². The Morgan fingerprint density at radius 2 is 2.00 bits per heavy atom. The smallest absolute Gasteiger partial charge is 0.274 e. The Morgan fingerprint density at radius 3 is 2.70 bits per heavy atom. The second kappa shape index (κ2) is 7.01. The highest BCUT2D eigenvalue weighted by atomic mass is 35.5. The second-order valence-corrected chi connectivity index (χ2v) is 6.33. The number of carbonyl (C=O) groups excluding carboxylic acids is 1. The van der Waals surface area contributed by atoms with E-state index >= 15 is 0 Å². The number of pyridine rings is 1. The zero-order valence-corrected chi connectivity index (χ0v) is 13.9. The fourth-order valence-corrected chi connectivity index (χ4v) is 3.02. The predicted molar refractivity (Wildman–Crippen MR) is 94.3 cm³/mol. The molecule has 1 fully saturated rings. The summed E-state index contributed by atoms with van der Waals surface area (Å²) in [7, 11) is 0. The summed E-state index contributed by atoms with van der Waals surface area (Å²) in [5.74, 6) is -0.234. The lowest BCUT2D eigenvalue weighted by atomic mass is 10.2. The molecule has 0 aliphatic heterocycles. The van der Waals surface area contributed by atoms with Crippen molar-refractivity contribution in [1.82, 2.24) is 4.98 Å². The van der Waals surface area contributed by atoms with Crippen LogP contribution in [0.25, 0.3) is 0 Å². The summed E-state index contributed by atoms with van der Waals surface area (Å²) in [4.78, 5) is 16.6. The average molecular weight is 330 g/mol. The molecular weight excluding hydrogens is 310 g/mol. The predicted octanol–water partition coefficient (Wildman–Crippen LogP) is 4.65. The van der Waals surface area contributed by atoms with Crippen molar-refractivity contribution in [3.8, 4) is 0 Å². The molecule has 5 heteroatoms. The molecular formula is C18H20ClN3O. The molecule has 1 aromatic carbocycles. The Hall–Kier alpha value is -2.07. The third kappa shape index (κ3) is 3.82. The van der Waals surface area contributed by atoms with Crippen molar-refractivity contribution in [2.45, 2.75) is 38.6 Å². The van der Waals surface area contributed by atoms with Crippen molar-refractivity contribution >= 4 is 28.9 Å². The molecule has 1 saturated carbocycles. The molecule has 3 rings (SSSR count). The van der Waals surface area contributed by atoms with Gasteiger partial charge in [0, 0.05) is 16.8 Å². The number of aromatic nitrogens is 1. The van der Waals surface area contributed by atoms with Crippen LogP contribution in [0.4, 0.5) is 11.4 Å². The van der Waals surface area contributed by atoms with Crippen LogP contribution in [0.3, 0.4) is 0 Å². The number of halogens is 1. The number of nitrogens with one attached hydrogen (secondary N) is 2. The van der Waals surface area contributed by atoms with Gasteiger partial charge in [-0.05, 0) is 49.6 Å². The zero-order valence-electron chi connectivity index (χ0n) is 13.1. The van der Waals surface area contributed by atoms with E-state index in [9.17, 15) is 4.79 Å². The van der Waals surface area contributed by atoms with E-state index in [-0.39, 0.29) is 5.91 Å². The molecule has 1 aromatic heterocycles. The average Bonchev–Trinajstić information content (AvgIpc) is 3.05. The lowest BCUT2D eigenvalue weighted by Crippen LogP contribution is -2.16.